The minimum Gasteiger partial charge on any atom is -0.493 e. The van der Waals surface area contributed by atoms with Crippen LogP contribution in [-0.2, 0) is 0 Å². The molecule has 0 aliphatic rings. The molecule has 1 aromatic carbocycles. The topological polar surface area (TPSA) is 91.2 Å². The zero-order valence-corrected chi connectivity index (χ0v) is 16.3. The average Bonchev–Trinajstić information content (AvgIpc) is 2.70. The van der Waals surface area contributed by atoms with E-state index in [1.807, 2.05) is 13.0 Å². The number of benzene rings is 1. The molecule has 0 aliphatic heterocycles. The summed E-state index contributed by atoms with van der Waals surface area (Å²) < 4.78 is 17.2. The van der Waals surface area contributed by atoms with Gasteiger partial charge in [-0.15, -0.1) is 0 Å². The zero-order chi connectivity index (χ0) is 20.4. The molecule has 8 heteroatoms. The number of carbonyl (C=O) groups is 1. The van der Waals surface area contributed by atoms with Crippen LogP contribution in [0.25, 0.3) is 5.65 Å². The highest BCUT2D eigenvalue weighted by Gasteiger charge is 2.19. The molecule has 0 spiro atoms. The number of hydrogen-bond acceptors (Lipinski definition) is 6. The second-order valence-electron chi connectivity index (χ2n) is 6.13. The lowest BCUT2D eigenvalue weighted by atomic mass is 10.1. The fourth-order valence-electron chi connectivity index (χ4n) is 2.95. The first-order valence-corrected chi connectivity index (χ1v) is 8.51. The van der Waals surface area contributed by atoms with Gasteiger partial charge in [-0.1, -0.05) is 6.07 Å². The molecule has 2 heterocycles. The number of ether oxygens (including phenoxy) is 3. The third-order valence-corrected chi connectivity index (χ3v) is 4.40. The van der Waals surface area contributed by atoms with Gasteiger partial charge in [-0.25, -0.2) is 4.98 Å². The van der Waals surface area contributed by atoms with E-state index in [0.29, 0.717) is 28.6 Å². The Bertz CT molecular complexity index is 1100. The monoisotopic (exact) mass is 383 g/mol. The minimum absolute atomic E-state index is 0.113. The predicted molar refractivity (Wildman–Crippen MR) is 105 cm³/mol. The highest BCUT2D eigenvalue weighted by Crippen LogP contribution is 2.38. The molecular formula is C20H21N3O5. The first-order valence-electron chi connectivity index (χ1n) is 8.51. The standard InChI is InChI=1S/C20H21N3O5/c1-11-7-6-8-23-18(11)21-12(2)16(20(23)25)22-19(24)13-9-14(26-3)17(28-5)15(10-13)27-4/h6-10H,1-5H3,(H,22,24). The number of nitrogens with zero attached hydrogens (tertiary/aromatic N) is 2. The van der Waals surface area contributed by atoms with Crippen LogP contribution in [0.3, 0.4) is 0 Å². The summed E-state index contributed by atoms with van der Waals surface area (Å²) in [5, 5.41) is 2.66. The number of anilines is 1. The van der Waals surface area contributed by atoms with Gasteiger partial charge in [0.05, 0.1) is 27.0 Å². The van der Waals surface area contributed by atoms with Gasteiger partial charge in [0.2, 0.25) is 5.75 Å². The maximum Gasteiger partial charge on any atom is 0.281 e. The Hall–Kier alpha value is -3.55. The lowest BCUT2D eigenvalue weighted by molar-refractivity contribution is 0.102. The van der Waals surface area contributed by atoms with E-state index in [2.05, 4.69) is 10.3 Å². The summed E-state index contributed by atoms with van der Waals surface area (Å²) >= 11 is 0. The molecule has 1 amide bonds. The highest BCUT2D eigenvalue weighted by atomic mass is 16.5. The molecule has 0 radical (unpaired) electrons. The van der Waals surface area contributed by atoms with Crippen LogP contribution >= 0.6 is 0 Å². The Labute approximate surface area is 161 Å². The lowest BCUT2D eigenvalue weighted by Crippen LogP contribution is -2.25. The van der Waals surface area contributed by atoms with Crippen LogP contribution in [0.2, 0.25) is 0 Å². The quantitative estimate of drug-likeness (QED) is 0.728. The number of rotatable bonds is 5. The Morgan fingerprint density at radius 2 is 1.71 bits per heavy atom. The maximum atomic E-state index is 12.9. The maximum absolute atomic E-state index is 12.9. The van der Waals surface area contributed by atoms with E-state index < -0.39 is 5.91 Å². The molecule has 0 saturated heterocycles. The zero-order valence-electron chi connectivity index (χ0n) is 16.3. The van der Waals surface area contributed by atoms with Gasteiger partial charge in [-0.2, -0.15) is 0 Å². The summed E-state index contributed by atoms with van der Waals surface area (Å²) in [5.41, 5.74) is 1.86. The van der Waals surface area contributed by atoms with Crippen molar-refractivity contribution in [2.45, 2.75) is 13.8 Å². The van der Waals surface area contributed by atoms with E-state index in [4.69, 9.17) is 14.2 Å². The van der Waals surface area contributed by atoms with Crippen LogP contribution in [0.15, 0.2) is 35.3 Å². The number of pyridine rings is 1. The van der Waals surface area contributed by atoms with Crippen molar-refractivity contribution in [3.8, 4) is 17.2 Å². The Morgan fingerprint density at radius 3 is 2.29 bits per heavy atom. The molecule has 28 heavy (non-hydrogen) atoms. The summed E-state index contributed by atoms with van der Waals surface area (Å²) in [6.45, 7) is 3.55. The minimum atomic E-state index is -0.492. The molecule has 0 unspecified atom stereocenters. The van der Waals surface area contributed by atoms with Crippen molar-refractivity contribution in [1.82, 2.24) is 9.38 Å². The van der Waals surface area contributed by atoms with Crippen LogP contribution in [0.5, 0.6) is 17.2 Å². The van der Waals surface area contributed by atoms with Gasteiger partial charge < -0.3 is 19.5 Å². The summed E-state index contributed by atoms with van der Waals surface area (Å²) in [6.07, 6.45) is 1.62. The normalized spacial score (nSPS) is 10.6. The Balaban J connectivity index is 2.06. The van der Waals surface area contributed by atoms with Crippen molar-refractivity contribution < 1.29 is 19.0 Å². The van der Waals surface area contributed by atoms with E-state index in [0.717, 1.165) is 5.56 Å². The van der Waals surface area contributed by atoms with E-state index in [1.165, 1.54) is 37.9 Å². The number of amides is 1. The lowest BCUT2D eigenvalue weighted by Gasteiger charge is -2.14. The third-order valence-electron chi connectivity index (χ3n) is 4.40. The first kappa shape index (κ1) is 19.2. The molecule has 0 fully saturated rings. The summed E-state index contributed by atoms with van der Waals surface area (Å²) in [5.74, 6) is 0.565. The fraction of sp³-hybridized carbons (Fsp3) is 0.250. The van der Waals surface area contributed by atoms with Gasteiger partial charge in [0.25, 0.3) is 11.5 Å². The van der Waals surface area contributed by atoms with Crippen molar-refractivity contribution in [1.29, 1.82) is 0 Å². The van der Waals surface area contributed by atoms with Crippen molar-refractivity contribution in [3.05, 3.63) is 57.6 Å². The molecule has 1 N–H and O–H groups in total. The van der Waals surface area contributed by atoms with Crippen molar-refractivity contribution in [2.75, 3.05) is 26.6 Å². The second kappa shape index (κ2) is 7.59. The number of carbonyl (C=O) groups excluding carboxylic acids is 1. The number of aryl methyl sites for hydroxylation is 2. The average molecular weight is 383 g/mol. The van der Waals surface area contributed by atoms with E-state index in [1.54, 1.807) is 19.2 Å². The van der Waals surface area contributed by atoms with Crippen LogP contribution < -0.4 is 25.1 Å². The van der Waals surface area contributed by atoms with Crippen LogP contribution in [0.4, 0.5) is 5.69 Å². The van der Waals surface area contributed by atoms with Crippen LogP contribution in [-0.4, -0.2) is 36.6 Å². The second-order valence-corrected chi connectivity index (χ2v) is 6.13. The number of fused-ring (bicyclic) bond motifs is 1. The molecule has 0 saturated carbocycles. The molecule has 146 valence electrons. The molecule has 3 rings (SSSR count). The Morgan fingerprint density at radius 1 is 1.07 bits per heavy atom. The molecule has 3 aromatic rings. The summed E-state index contributed by atoms with van der Waals surface area (Å²) in [4.78, 5) is 30.1. The van der Waals surface area contributed by atoms with Gasteiger partial charge >= 0.3 is 0 Å². The molecule has 0 aliphatic carbocycles. The van der Waals surface area contributed by atoms with Crippen molar-refractivity contribution >= 4 is 17.2 Å². The van der Waals surface area contributed by atoms with E-state index in [-0.39, 0.29) is 16.8 Å². The van der Waals surface area contributed by atoms with Crippen LogP contribution in [0, 0.1) is 13.8 Å². The van der Waals surface area contributed by atoms with Gasteiger partial charge in [0.1, 0.15) is 11.3 Å². The smallest absolute Gasteiger partial charge is 0.281 e. The number of hydrogen-bond donors (Lipinski definition) is 1. The number of methoxy groups -OCH3 is 3. The molecule has 8 nitrogen and oxygen atoms in total. The summed E-state index contributed by atoms with van der Waals surface area (Å²) in [7, 11) is 4.41. The highest BCUT2D eigenvalue weighted by molar-refractivity contribution is 6.05. The van der Waals surface area contributed by atoms with Gasteiger partial charge in [0.15, 0.2) is 11.5 Å². The molecule has 0 atom stereocenters. The van der Waals surface area contributed by atoms with Crippen molar-refractivity contribution in [2.24, 2.45) is 0 Å². The van der Waals surface area contributed by atoms with Gasteiger partial charge in [-0.05, 0) is 37.6 Å². The van der Waals surface area contributed by atoms with Gasteiger partial charge in [0, 0.05) is 11.8 Å². The first-order chi connectivity index (χ1) is 13.4. The number of nitrogens with one attached hydrogen (secondary N) is 1. The van der Waals surface area contributed by atoms with E-state index in [9.17, 15) is 9.59 Å². The largest absolute Gasteiger partial charge is 0.493 e. The SMILES string of the molecule is COc1cc(C(=O)Nc2c(C)nc3c(C)cccn3c2=O)cc(OC)c1OC. The number of aromatic nitrogens is 2. The van der Waals surface area contributed by atoms with Gasteiger partial charge in [-0.3, -0.25) is 14.0 Å². The fourth-order valence-corrected chi connectivity index (χ4v) is 2.95. The van der Waals surface area contributed by atoms with E-state index >= 15 is 0 Å². The third kappa shape index (κ3) is 3.24. The Kier molecular flexibility index (Phi) is 5.21. The predicted octanol–water partition coefficient (Wildman–Crippen LogP) is 2.59. The molecule has 0 bridgehead atoms. The molecular weight excluding hydrogens is 362 g/mol. The van der Waals surface area contributed by atoms with Crippen LogP contribution in [0.1, 0.15) is 21.6 Å². The molecule has 2 aromatic heterocycles. The van der Waals surface area contributed by atoms with Crippen molar-refractivity contribution in [3.63, 3.8) is 0 Å². The summed E-state index contributed by atoms with van der Waals surface area (Å²) in [6, 6.07) is 6.66.